The van der Waals surface area contributed by atoms with Crippen LogP contribution in [-0.4, -0.2) is 40.3 Å². The van der Waals surface area contributed by atoms with Gasteiger partial charge in [-0.1, -0.05) is 6.92 Å². The van der Waals surface area contributed by atoms with Gasteiger partial charge in [0.05, 0.1) is 13.5 Å². The molecule has 1 saturated carbocycles. The van der Waals surface area contributed by atoms with E-state index in [0.29, 0.717) is 12.2 Å². The molecular formula is C11H20O3S2. The Morgan fingerprint density at radius 1 is 1.50 bits per heavy atom. The molecule has 1 rings (SSSR count). The molecule has 0 aromatic heterocycles. The van der Waals surface area contributed by atoms with Crippen LogP contribution in [-0.2, 0) is 20.3 Å². The van der Waals surface area contributed by atoms with Crippen LogP contribution in [0.5, 0.6) is 0 Å². The number of rotatable bonds is 8. The number of hydrogen-bond acceptors (Lipinski definition) is 4. The lowest BCUT2D eigenvalue weighted by molar-refractivity contribution is -0.141. The first kappa shape index (κ1) is 14.0. The number of esters is 1. The van der Waals surface area contributed by atoms with Gasteiger partial charge in [-0.05, 0) is 24.0 Å². The Labute approximate surface area is 104 Å². The molecule has 1 aliphatic carbocycles. The minimum atomic E-state index is -0.775. The van der Waals surface area contributed by atoms with Gasteiger partial charge in [-0.2, -0.15) is 11.8 Å². The van der Waals surface area contributed by atoms with Crippen LogP contribution in [0.4, 0.5) is 0 Å². The van der Waals surface area contributed by atoms with E-state index in [0.717, 1.165) is 30.1 Å². The zero-order valence-corrected chi connectivity index (χ0v) is 11.6. The lowest BCUT2D eigenvalue weighted by Crippen LogP contribution is -2.19. The predicted octanol–water partition coefficient (Wildman–Crippen LogP) is 1.83. The number of thioether (sulfide) groups is 1. The molecule has 0 heterocycles. The maximum Gasteiger partial charge on any atom is 0.306 e. The molecule has 3 nitrogen and oxygen atoms in total. The van der Waals surface area contributed by atoms with Gasteiger partial charge in [-0.25, -0.2) is 0 Å². The summed E-state index contributed by atoms with van der Waals surface area (Å²) in [5.41, 5.74) is 0.00877. The predicted molar refractivity (Wildman–Crippen MR) is 69.2 cm³/mol. The monoisotopic (exact) mass is 264 g/mol. The van der Waals surface area contributed by atoms with Crippen LogP contribution < -0.4 is 0 Å². The van der Waals surface area contributed by atoms with Crippen molar-refractivity contribution in [2.45, 2.75) is 26.2 Å². The quantitative estimate of drug-likeness (QED) is 0.495. The molecule has 1 fully saturated rings. The van der Waals surface area contributed by atoms with Crippen molar-refractivity contribution in [1.29, 1.82) is 0 Å². The Bertz CT molecular complexity index is 262. The van der Waals surface area contributed by atoms with Crippen molar-refractivity contribution in [3.05, 3.63) is 0 Å². The summed E-state index contributed by atoms with van der Waals surface area (Å²) in [6.07, 6.45) is 2.49. The topological polar surface area (TPSA) is 43.4 Å². The zero-order valence-electron chi connectivity index (χ0n) is 9.99. The highest BCUT2D eigenvalue weighted by Crippen LogP contribution is 2.49. The third-order valence-corrected chi connectivity index (χ3v) is 5.58. The summed E-state index contributed by atoms with van der Waals surface area (Å²) >= 11 is 1.82. The highest BCUT2D eigenvalue weighted by atomic mass is 32.2. The zero-order chi connectivity index (χ0) is 12.0. The summed E-state index contributed by atoms with van der Waals surface area (Å²) in [5.74, 6) is 3.29. The number of methoxy groups -OCH3 is 1. The molecule has 0 N–H and O–H groups in total. The molecule has 0 aromatic carbocycles. The summed E-state index contributed by atoms with van der Waals surface area (Å²) in [4.78, 5) is 11.2. The van der Waals surface area contributed by atoms with Crippen LogP contribution >= 0.6 is 11.8 Å². The third kappa shape index (κ3) is 4.87. The van der Waals surface area contributed by atoms with E-state index in [1.807, 2.05) is 11.8 Å². The lowest BCUT2D eigenvalue weighted by atomic mass is 10.1. The lowest BCUT2D eigenvalue weighted by Gasteiger charge is -2.12. The molecule has 0 radical (unpaired) electrons. The number of carbonyl (C=O) groups is 1. The fourth-order valence-corrected chi connectivity index (χ4v) is 4.36. The second-order valence-corrected chi connectivity index (χ2v) is 7.21. The number of ether oxygens (including phenoxy) is 1. The maximum absolute atomic E-state index is 11.8. The maximum atomic E-state index is 11.8. The van der Waals surface area contributed by atoms with Crippen molar-refractivity contribution in [2.24, 2.45) is 5.41 Å². The molecule has 1 atom stereocenters. The van der Waals surface area contributed by atoms with Gasteiger partial charge in [-0.3, -0.25) is 9.00 Å². The third-order valence-electron chi connectivity index (χ3n) is 2.83. The van der Waals surface area contributed by atoms with Crippen molar-refractivity contribution < 1.29 is 13.7 Å². The Balaban J connectivity index is 2.25. The van der Waals surface area contributed by atoms with Crippen molar-refractivity contribution in [3.8, 4) is 0 Å². The largest absolute Gasteiger partial charge is 0.469 e. The standard InChI is InChI=1S/C11H20O3S2/c1-3-15-6-7-16(13)9-11(4-5-11)8-10(12)14-2/h3-9H2,1-2H3. The molecule has 0 saturated heterocycles. The summed E-state index contributed by atoms with van der Waals surface area (Å²) in [6.45, 7) is 2.10. The van der Waals surface area contributed by atoms with Gasteiger partial charge in [-0.15, -0.1) is 0 Å². The van der Waals surface area contributed by atoms with Crippen LogP contribution in [0.25, 0.3) is 0 Å². The average Bonchev–Trinajstić information content (AvgIpc) is 2.98. The summed E-state index contributed by atoms with van der Waals surface area (Å²) < 4.78 is 16.5. The van der Waals surface area contributed by atoms with E-state index < -0.39 is 10.8 Å². The van der Waals surface area contributed by atoms with Gasteiger partial charge >= 0.3 is 5.97 Å². The molecular weight excluding hydrogens is 244 g/mol. The van der Waals surface area contributed by atoms with E-state index >= 15 is 0 Å². The fourth-order valence-electron chi connectivity index (χ4n) is 1.64. The Morgan fingerprint density at radius 2 is 2.19 bits per heavy atom. The van der Waals surface area contributed by atoms with Crippen molar-refractivity contribution >= 4 is 28.5 Å². The Hall–Kier alpha value is -0.0300. The van der Waals surface area contributed by atoms with Gasteiger partial charge in [0.25, 0.3) is 0 Å². The van der Waals surface area contributed by atoms with E-state index in [2.05, 4.69) is 11.7 Å². The van der Waals surface area contributed by atoms with Crippen LogP contribution in [0.2, 0.25) is 0 Å². The van der Waals surface area contributed by atoms with Crippen LogP contribution in [0.1, 0.15) is 26.2 Å². The normalized spacial score (nSPS) is 19.1. The molecule has 0 amide bonds. The molecule has 5 heteroatoms. The molecule has 1 unspecified atom stereocenters. The fraction of sp³-hybridized carbons (Fsp3) is 0.909. The number of carbonyl (C=O) groups excluding carboxylic acids is 1. The van der Waals surface area contributed by atoms with E-state index in [4.69, 9.17) is 0 Å². The molecule has 0 aromatic rings. The highest BCUT2D eigenvalue weighted by molar-refractivity contribution is 8.00. The molecule has 1 aliphatic rings. The second kappa shape index (κ2) is 6.64. The van der Waals surface area contributed by atoms with E-state index in [9.17, 15) is 9.00 Å². The SMILES string of the molecule is CCSCCS(=O)CC1(CC(=O)OC)CC1. The van der Waals surface area contributed by atoms with E-state index in [-0.39, 0.29) is 11.4 Å². The average molecular weight is 264 g/mol. The Kier molecular flexibility index (Phi) is 5.83. The van der Waals surface area contributed by atoms with Crippen molar-refractivity contribution in [3.63, 3.8) is 0 Å². The molecule has 94 valence electrons. The minimum absolute atomic E-state index is 0.00877. The highest BCUT2D eigenvalue weighted by Gasteiger charge is 2.45. The van der Waals surface area contributed by atoms with Gasteiger partial charge in [0.2, 0.25) is 0 Å². The number of hydrogen-bond donors (Lipinski definition) is 0. The van der Waals surface area contributed by atoms with Crippen LogP contribution in [0.3, 0.4) is 0 Å². The van der Waals surface area contributed by atoms with E-state index in [1.54, 1.807) is 0 Å². The molecule has 0 spiro atoms. The second-order valence-electron chi connectivity index (χ2n) is 4.24. The Morgan fingerprint density at radius 3 is 2.69 bits per heavy atom. The summed E-state index contributed by atoms with van der Waals surface area (Å²) in [6, 6.07) is 0. The van der Waals surface area contributed by atoms with Crippen LogP contribution in [0, 0.1) is 5.41 Å². The molecule has 0 bridgehead atoms. The summed E-state index contributed by atoms with van der Waals surface area (Å²) in [5, 5.41) is 0. The van der Waals surface area contributed by atoms with Gasteiger partial charge in [0, 0.05) is 28.1 Å². The van der Waals surface area contributed by atoms with Gasteiger partial charge in [0.1, 0.15) is 0 Å². The van der Waals surface area contributed by atoms with Gasteiger partial charge in [0.15, 0.2) is 0 Å². The van der Waals surface area contributed by atoms with Gasteiger partial charge < -0.3 is 4.74 Å². The smallest absolute Gasteiger partial charge is 0.306 e. The van der Waals surface area contributed by atoms with Crippen molar-refractivity contribution in [1.82, 2.24) is 0 Å². The first-order valence-corrected chi connectivity index (χ1v) is 8.26. The minimum Gasteiger partial charge on any atom is -0.469 e. The summed E-state index contributed by atoms with van der Waals surface area (Å²) in [7, 11) is 0.635. The molecule has 0 aliphatic heterocycles. The van der Waals surface area contributed by atoms with Crippen LogP contribution in [0.15, 0.2) is 0 Å². The van der Waals surface area contributed by atoms with Crippen molar-refractivity contribution in [2.75, 3.05) is 30.1 Å². The molecule has 16 heavy (non-hydrogen) atoms. The first-order valence-electron chi connectivity index (χ1n) is 5.61. The van der Waals surface area contributed by atoms with E-state index in [1.165, 1.54) is 7.11 Å². The first-order chi connectivity index (χ1) is 7.62.